The molecule has 0 fully saturated rings. The molecule has 2 rings (SSSR count). The van der Waals surface area contributed by atoms with Crippen LogP contribution in [0.4, 0.5) is 10.1 Å². The Morgan fingerprint density at radius 1 is 1.14 bits per heavy atom. The van der Waals surface area contributed by atoms with E-state index in [1.54, 1.807) is 24.3 Å². The molecule has 0 aromatic heterocycles. The van der Waals surface area contributed by atoms with Crippen molar-refractivity contribution in [2.45, 2.75) is 0 Å². The summed E-state index contributed by atoms with van der Waals surface area (Å²) in [5.74, 6) is -1.65. The monoisotopic (exact) mass is 327 g/mol. The number of aromatic hydroxyl groups is 1. The molecule has 0 heterocycles. The van der Waals surface area contributed by atoms with E-state index in [2.05, 4.69) is 0 Å². The molecular formula is C14H11ClFNO3S. The molecule has 0 bridgehead atoms. The van der Waals surface area contributed by atoms with Gasteiger partial charge in [0, 0.05) is 5.02 Å². The van der Waals surface area contributed by atoms with Crippen LogP contribution in [-0.4, -0.2) is 13.5 Å². The van der Waals surface area contributed by atoms with Crippen molar-refractivity contribution in [2.75, 3.05) is 4.72 Å². The van der Waals surface area contributed by atoms with Gasteiger partial charge in [0.25, 0.3) is 10.0 Å². The van der Waals surface area contributed by atoms with Crippen molar-refractivity contribution in [1.82, 2.24) is 0 Å². The molecule has 4 nitrogen and oxygen atoms in total. The summed E-state index contributed by atoms with van der Waals surface area (Å²) in [6, 6.07) is 10.2. The fraction of sp³-hybridized carbons (Fsp3) is 0. The Hall–Kier alpha value is -2.05. The van der Waals surface area contributed by atoms with Crippen LogP contribution in [0.5, 0.6) is 5.75 Å². The number of phenolic OH excluding ortho intramolecular Hbond substituents is 1. The van der Waals surface area contributed by atoms with Crippen LogP contribution in [0, 0.1) is 5.82 Å². The zero-order chi connectivity index (χ0) is 15.5. The van der Waals surface area contributed by atoms with Gasteiger partial charge in [-0.05, 0) is 35.9 Å². The summed E-state index contributed by atoms with van der Waals surface area (Å²) in [4.78, 5) is 0. The van der Waals surface area contributed by atoms with Gasteiger partial charge in [0.2, 0.25) is 0 Å². The molecule has 0 saturated carbocycles. The summed E-state index contributed by atoms with van der Waals surface area (Å²) in [6.07, 6.45) is 1.35. The van der Waals surface area contributed by atoms with Gasteiger partial charge in [-0.15, -0.1) is 0 Å². The normalized spacial score (nSPS) is 11.7. The standard InChI is InChI=1S/C14H11ClFNO3S/c15-11-6-4-10(5-7-11)8-9-21(19,20)17-12-2-1-3-13(18)14(12)16/h1-9,17-18H/b9-8+. The first-order valence-electron chi connectivity index (χ1n) is 5.81. The summed E-state index contributed by atoms with van der Waals surface area (Å²) < 4.78 is 39.2. The molecular weight excluding hydrogens is 317 g/mol. The Morgan fingerprint density at radius 2 is 1.81 bits per heavy atom. The van der Waals surface area contributed by atoms with Crippen molar-refractivity contribution in [2.24, 2.45) is 0 Å². The average molecular weight is 328 g/mol. The highest BCUT2D eigenvalue weighted by atomic mass is 35.5. The molecule has 0 aliphatic carbocycles. The Balaban J connectivity index is 2.19. The maximum atomic E-state index is 13.5. The maximum absolute atomic E-state index is 13.5. The van der Waals surface area contributed by atoms with E-state index < -0.39 is 21.6 Å². The first kappa shape index (κ1) is 15.3. The molecule has 7 heteroatoms. The van der Waals surface area contributed by atoms with Crippen molar-refractivity contribution in [1.29, 1.82) is 0 Å². The molecule has 0 aliphatic heterocycles. The number of phenols is 1. The summed E-state index contributed by atoms with van der Waals surface area (Å²) in [7, 11) is -3.90. The minimum Gasteiger partial charge on any atom is -0.505 e. The third-order valence-electron chi connectivity index (χ3n) is 2.54. The highest BCUT2D eigenvalue weighted by Gasteiger charge is 2.12. The van der Waals surface area contributed by atoms with Crippen LogP contribution in [-0.2, 0) is 10.0 Å². The molecule has 0 amide bonds. The number of halogens is 2. The van der Waals surface area contributed by atoms with Crippen molar-refractivity contribution < 1.29 is 17.9 Å². The predicted octanol–water partition coefficient (Wildman–Crippen LogP) is 3.60. The van der Waals surface area contributed by atoms with E-state index in [1.165, 1.54) is 18.2 Å². The molecule has 0 atom stereocenters. The van der Waals surface area contributed by atoms with E-state index in [0.29, 0.717) is 10.6 Å². The largest absolute Gasteiger partial charge is 0.505 e. The molecule has 0 aliphatic rings. The van der Waals surface area contributed by atoms with Gasteiger partial charge in [0.1, 0.15) is 0 Å². The van der Waals surface area contributed by atoms with Gasteiger partial charge in [-0.2, -0.15) is 0 Å². The number of anilines is 1. The number of nitrogens with one attached hydrogen (secondary N) is 1. The SMILES string of the molecule is O=S(=O)(/C=C/c1ccc(Cl)cc1)Nc1cccc(O)c1F. The minimum atomic E-state index is -3.90. The van der Waals surface area contributed by atoms with E-state index in [1.807, 2.05) is 4.72 Å². The molecule has 2 N–H and O–H groups in total. The minimum absolute atomic E-state index is 0.323. The molecule has 0 unspecified atom stereocenters. The molecule has 0 radical (unpaired) electrons. The number of sulfonamides is 1. The zero-order valence-electron chi connectivity index (χ0n) is 10.6. The van der Waals surface area contributed by atoms with Crippen LogP contribution in [0.3, 0.4) is 0 Å². The Bertz CT molecular complexity index is 773. The average Bonchev–Trinajstić information content (AvgIpc) is 2.43. The Kier molecular flexibility index (Phi) is 4.50. The highest BCUT2D eigenvalue weighted by Crippen LogP contribution is 2.24. The van der Waals surface area contributed by atoms with Gasteiger partial charge in [0.15, 0.2) is 11.6 Å². The van der Waals surface area contributed by atoms with Crippen LogP contribution < -0.4 is 4.72 Å². The van der Waals surface area contributed by atoms with E-state index in [4.69, 9.17) is 11.6 Å². The van der Waals surface area contributed by atoms with Gasteiger partial charge >= 0.3 is 0 Å². The van der Waals surface area contributed by atoms with Gasteiger partial charge in [-0.3, -0.25) is 4.72 Å². The van der Waals surface area contributed by atoms with Gasteiger partial charge < -0.3 is 5.11 Å². The first-order chi connectivity index (χ1) is 9.87. The van der Waals surface area contributed by atoms with E-state index >= 15 is 0 Å². The van der Waals surface area contributed by atoms with E-state index in [0.717, 1.165) is 11.5 Å². The lowest BCUT2D eigenvalue weighted by Crippen LogP contribution is -2.10. The molecule has 110 valence electrons. The zero-order valence-corrected chi connectivity index (χ0v) is 12.2. The Morgan fingerprint density at radius 3 is 2.48 bits per heavy atom. The summed E-state index contributed by atoms with van der Waals surface area (Å²) in [5, 5.41) is 10.6. The van der Waals surface area contributed by atoms with Crippen molar-refractivity contribution in [3.8, 4) is 5.75 Å². The number of hydrogen-bond acceptors (Lipinski definition) is 3. The summed E-state index contributed by atoms with van der Waals surface area (Å²) in [6.45, 7) is 0. The second kappa shape index (κ2) is 6.15. The predicted molar refractivity (Wildman–Crippen MR) is 81.1 cm³/mol. The molecule has 2 aromatic carbocycles. The fourth-order valence-electron chi connectivity index (χ4n) is 1.53. The second-order valence-corrected chi connectivity index (χ2v) is 6.14. The van der Waals surface area contributed by atoms with Gasteiger partial charge in [-0.1, -0.05) is 29.8 Å². The van der Waals surface area contributed by atoms with Crippen LogP contribution in [0.1, 0.15) is 5.56 Å². The number of rotatable bonds is 4. The summed E-state index contributed by atoms with van der Waals surface area (Å²) >= 11 is 5.72. The lowest BCUT2D eigenvalue weighted by molar-refractivity contribution is 0.434. The molecule has 2 aromatic rings. The van der Waals surface area contributed by atoms with Crippen molar-refractivity contribution >= 4 is 33.4 Å². The van der Waals surface area contributed by atoms with Crippen LogP contribution in [0.25, 0.3) is 6.08 Å². The lowest BCUT2D eigenvalue weighted by atomic mass is 10.2. The topological polar surface area (TPSA) is 66.4 Å². The van der Waals surface area contributed by atoms with Gasteiger partial charge in [0.05, 0.1) is 11.1 Å². The number of hydrogen-bond donors (Lipinski definition) is 2. The second-order valence-electron chi connectivity index (χ2n) is 4.14. The van der Waals surface area contributed by atoms with Crippen LogP contribution in [0.15, 0.2) is 47.9 Å². The lowest BCUT2D eigenvalue weighted by Gasteiger charge is -2.06. The van der Waals surface area contributed by atoms with Gasteiger partial charge in [-0.25, -0.2) is 12.8 Å². The first-order valence-corrected chi connectivity index (χ1v) is 7.74. The maximum Gasteiger partial charge on any atom is 0.255 e. The third kappa shape index (κ3) is 4.21. The summed E-state index contributed by atoms with van der Waals surface area (Å²) in [5.41, 5.74) is 0.303. The fourth-order valence-corrected chi connectivity index (χ4v) is 2.52. The van der Waals surface area contributed by atoms with Crippen LogP contribution in [0.2, 0.25) is 5.02 Å². The molecule has 0 saturated heterocycles. The van der Waals surface area contributed by atoms with Crippen molar-refractivity contribution in [3.63, 3.8) is 0 Å². The molecule has 0 spiro atoms. The third-order valence-corrected chi connectivity index (χ3v) is 3.79. The Labute approximate surface area is 126 Å². The highest BCUT2D eigenvalue weighted by molar-refractivity contribution is 7.95. The van der Waals surface area contributed by atoms with E-state index in [-0.39, 0.29) is 5.69 Å². The smallest absolute Gasteiger partial charge is 0.255 e. The van der Waals surface area contributed by atoms with E-state index in [9.17, 15) is 17.9 Å². The number of benzene rings is 2. The molecule has 21 heavy (non-hydrogen) atoms. The van der Waals surface area contributed by atoms with Crippen LogP contribution >= 0.6 is 11.6 Å². The quantitative estimate of drug-likeness (QED) is 0.901. The van der Waals surface area contributed by atoms with Crippen molar-refractivity contribution in [3.05, 3.63) is 64.3 Å².